The lowest BCUT2D eigenvalue weighted by atomic mass is 9.83. The van der Waals surface area contributed by atoms with Crippen LogP contribution in [0.5, 0.6) is 0 Å². The Morgan fingerprint density at radius 3 is 2.81 bits per heavy atom. The summed E-state index contributed by atoms with van der Waals surface area (Å²) in [5.74, 6) is 1.06. The van der Waals surface area contributed by atoms with Crippen LogP contribution in [0.1, 0.15) is 30.4 Å². The Bertz CT molecular complexity index is 553. The van der Waals surface area contributed by atoms with Crippen LogP contribution in [0.25, 0.3) is 0 Å². The van der Waals surface area contributed by atoms with E-state index in [9.17, 15) is 13.2 Å². The molecule has 3 rings (SSSR count). The van der Waals surface area contributed by atoms with E-state index < -0.39 is 11.7 Å². The van der Waals surface area contributed by atoms with Crippen LogP contribution in [0, 0.1) is 5.92 Å². The zero-order valence-corrected chi connectivity index (χ0v) is 11.5. The molecule has 1 aliphatic heterocycles. The number of aliphatic imine (C=N–C) groups is 1. The van der Waals surface area contributed by atoms with Gasteiger partial charge >= 0.3 is 6.18 Å². The fraction of sp³-hybridized carbons (Fsp3) is 0.533. The molecule has 1 fully saturated rings. The van der Waals surface area contributed by atoms with Crippen LogP contribution < -0.4 is 11.1 Å². The van der Waals surface area contributed by atoms with E-state index in [4.69, 9.17) is 5.73 Å². The van der Waals surface area contributed by atoms with Gasteiger partial charge in [-0.05, 0) is 43.9 Å². The van der Waals surface area contributed by atoms with Gasteiger partial charge in [0.2, 0.25) is 0 Å². The number of alkyl halides is 3. The molecule has 1 aromatic carbocycles. The molecule has 1 saturated carbocycles. The second kappa shape index (κ2) is 5.33. The first-order valence-electron chi connectivity index (χ1n) is 7.19. The Balaban J connectivity index is 1.80. The van der Waals surface area contributed by atoms with Gasteiger partial charge in [-0.15, -0.1) is 0 Å². The maximum atomic E-state index is 12.8. The summed E-state index contributed by atoms with van der Waals surface area (Å²) in [6.45, 7) is 0.657. The van der Waals surface area contributed by atoms with E-state index in [0.717, 1.165) is 31.4 Å². The molecule has 1 aliphatic carbocycles. The van der Waals surface area contributed by atoms with E-state index >= 15 is 0 Å². The maximum absolute atomic E-state index is 12.8. The van der Waals surface area contributed by atoms with Crippen molar-refractivity contribution in [2.24, 2.45) is 16.6 Å². The number of halogens is 3. The molecule has 6 heteroatoms. The highest BCUT2D eigenvalue weighted by Crippen LogP contribution is 2.32. The van der Waals surface area contributed by atoms with Gasteiger partial charge < -0.3 is 11.1 Å². The molecule has 3 N–H and O–H groups in total. The van der Waals surface area contributed by atoms with Gasteiger partial charge in [0.15, 0.2) is 0 Å². The quantitative estimate of drug-likeness (QED) is 0.881. The first kappa shape index (κ1) is 14.4. The lowest BCUT2D eigenvalue weighted by molar-refractivity contribution is -0.137. The standard InChI is InChI=1S/C15H18F3N3/c16-15(17,18)11-3-1-2-10(7-11)14-20-12-5-4-9(8-19)6-13(12)21-14/h1-3,7,9,12-13H,4-6,8,19H2,(H,20,21). The fourth-order valence-electron chi connectivity index (χ4n) is 3.14. The van der Waals surface area contributed by atoms with E-state index in [0.29, 0.717) is 23.9 Å². The summed E-state index contributed by atoms with van der Waals surface area (Å²) in [4.78, 5) is 4.57. The molecule has 0 saturated heterocycles. The number of benzene rings is 1. The molecule has 1 aromatic rings. The zero-order chi connectivity index (χ0) is 15.0. The topological polar surface area (TPSA) is 50.4 Å². The molecule has 21 heavy (non-hydrogen) atoms. The van der Waals surface area contributed by atoms with Gasteiger partial charge in [0.05, 0.1) is 17.6 Å². The van der Waals surface area contributed by atoms with Crippen LogP contribution in [0.15, 0.2) is 29.3 Å². The van der Waals surface area contributed by atoms with Crippen molar-refractivity contribution in [3.8, 4) is 0 Å². The lowest BCUT2D eigenvalue weighted by Gasteiger charge is -2.29. The summed E-state index contributed by atoms with van der Waals surface area (Å²) in [5.41, 5.74) is 5.57. The second-order valence-electron chi connectivity index (χ2n) is 5.79. The van der Waals surface area contributed by atoms with Crippen LogP contribution in [-0.2, 0) is 6.18 Å². The van der Waals surface area contributed by atoms with E-state index in [1.807, 2.05) is 0 Å². The highest BCUT2D eigenvalue weighted by atomic mass is 19.4. The minimum Gasteiger partial charge on any atom is -0.365 e. The zero-order valence-electron chi connectivity index (χ0n) is 11.5. The average molecular weight is 297 g/mol. The van der Waals surface area contributed by atoms with E-state index in [-0.39, 0.29) is 12.1 Å². The van der Waals surface area contributed by atoms with Crippen LogP contribution in [-0.4, -0.2) is 24.5 Å². The number of amidine groups is 1. The van der Waals surface area contributed by atoms with E-state index in [1.165, 1.54) is 6.07 Å². The van der Waals surface area contributed by atoms with Crippen LogP contribution in [0.2, 0.25) is 0 Å². The highest BCUT2D eigenvalue weighted by Gasteiger charge is 2.36. The summed E-state index contributed by atoms with van der Waals surface area (Å²) in [6, 6.07) is 5.69. The SMILES string of the molecule is NCC1CCC2N=C(c3cccc(C(F)(F)F)c3)NC2C1. The molecule has 0 bridgehead atoms. The number of fused-ring (bicyclic) bond motifs is 1. The summed E-state index contributed by atoms with van der Waals surface area (Å²) in [7, 11) is 0. The van der Waals surface area contributed by atoms with Gasteiger partial charge in [0, 0.05) is 5.56 Å². The van der Waals surface area contributed by atoms with Gasteiger partial charge in [-0.1, -0.05) is 12.1 Å². The average Bonchev–Trinajstić information content (AvgIpc) is 2.89. The van der Waals surface area contributed by atoms with Crippen LogP contribution in [0.4, 0.5) is 13.2 Å². The molecule has 3 atom stereocenters. The Labute approximate surface area is 121 Å². The second-order valence-corrected chi connectivity index (χ2v) is 5.79. The third-order valence-corrected chi connectivity index (χ3v) is 4.34. The molecule has 0 spiro atoms. The lowest BCUT2D eigenvalue weighted by Crippen LogP contribution is -2.41. The minimum absolute atomic E-state index is 0.164. The number of rotatable bonds is 2. The van der Waals surface area contributed by atoms with Gasteiger partial charge in [-0.2, -0.15) is 13.2 Å². The predicted octanol–water partition coefficient (Wildman–Crippen LogP) is 2.55. The molecular formula is C15H18F3N3. The monoisotopic (exact) mass is 297 g/mol. The van der Waals surface area contributed by atoms with Crippen molar-refractivity contribution in [2.45, 2.75) is 37.5 Å². The molecule has 3 nitrogen and oxygen atoms in total. The Kier molecular flexibility index (Phi) is 3.65. The number of hydrogen-bond acceptors (Lipinski definition) is 3. The normalized spacial score (nSPS) is 28.8. The highest BCUT2D eigenvalue weighted by molar-refractivity contribution is 6.00. The number of nitrogens with zero attached hydrogens (tertiary/aromatic N) is 1. The smallest absolute Gasteiger partial charge is 0.365 e. The third kappa shape index (κ3) is 2.90. The Morgan fingerprint density at radius 1 is 1.29 bits per heavy atom. The molecule has 0 aromatic heterocycles. The van der Waals surface area contributed by atoms with Crippen molar-refractivity contribution in [3.63, 3.8) is 0 Å². The first-order chi connectivity index (χ1) is 9.97. The largest absolute Gasteiger partial charge is 0.416 e. The van der Waals surface area contributed by atoms with Gasteiger partial charge in [-0.3, -0.25) is 4.99 Å². The van der Waals surface area contributed by atoms with Gasteiger partial charge in [-0.25, -0.2) is 0 Å². The Hall–Kier alpha value is -1.56. The van der Waals surface area contributed by atoms with Crippen molar-refractivity contribution < 1.29 is 13.2 Å². The van der Waals surface area contributed by atoms with Crippen LogP contribution in [0.3, 0.4) is 0 Å². The van der Waals surface area contributed by atoms with E-state index in [1.54, 1.807) is 6.07 Å². The number of nitrogens with two attached hydrogens (primary N) is 1. The summed E-state index contributed by atoms with van der Waals surface area (Å²) in [6.07, 6.45) is -1.40. The molecule has 0 amide bonds. The molecule has 2 aliphatic rings. The van der Waals surface area contributed by atoms with Crippen molar-refractivity contribution >= 4 is 5.84 Å². The number of nitrogens with one attached hydrogen (secondary N) is 1. The van der Waals surface area contributed by atoms with Crippen LogP contribution >= 0.6 is 0 Å². The third-order valence-electron chi connectivity index (χ3n) is 4.34. The molecule has 0 radical (unpaired) electrons. The minimum atomic E-state index is -4.33. The molecular weight excluding hydrogens is 279 g/mol. The summed E-state index contributed by atoms with van der Waals surface area (Å²) >= 11 is 0. The summed E-state index contributed by atoms with van der Waals surface area (Å²) in [5, 5.41) is 3.28. The Morgan fingerprint density at radius 2 is 2.10 bits per heavy atom. The summed E-state index contributed by atoms with van der Waals surface area (Å²) < 4.78 is 38.3. The van der Waals surface area contributed by atoms with Gasteiger partial charge in [0.25, 0.3) is 0 Å². The first-order valence-corrected chi connectivity index (χ1v) is 7.19. The molecule has 1 heterocycles. The fourth-order valence-corrected chi connectivity index (χ4v) is 3.14. The predicted molar refractivity (Wildman–Crippen MR) is 75.1 cm³/mol. The number of hydrogen-bond donors (Lipinski definition) is 2. The maximum Gasteiger partial charge on any atom is 0.416 e. The van der Waals surface area contributed by atoms with Crippen molar-refractivity contribution in [2.75, 3.05) is 6.54 Å². The van der Waals surface area contributed by atoms with Gasteiger partial charge in [0.1, 0.15) is 5.84 Å². The molecule has 114 valence electrons. The van der Waals surface area contributed by atoms with Crippen molar-refractivity contribution in [1.29, 1.82) is 0 Å². The molecule has 3 unspecified atom stereocenters. The van der Waals surface area contributed by atoms with Crippen molar-refractivity contribution in [1.82, 2.24) is 5.32 Å². The van der Waals surface area contributed by atoms with E-state index in [2.05, 4.69) is 10.3 Å². The van der Waals surface area contributed by atoms with Crippen molar-refractivity contribution in [3.05, 3.63) is 35.4 Å².